The molecule has 0 saturated heterocycles. The van der Waals surface area contributed by atoms with Gasteiger partial charge < -0.3 is 14.8 Å². The number of hydrogen-bond acceptors (Lipinski definition) is 4. The average Bonchev–Trinajstić information content (AvgIpc) is 2.68. The Morgan fingerprint density at radius 3 is 2.22 bits per heavy atom. The van der Waals surface area contributed by atoms with Gasteiger partial charge in [-0.2, -0.15) is 0 Å². The fraction of sp³-hybridized carbons (Fsp3) is 0.182. The van der Waals surface area contributed by atoms with Crippen LogP contribution < -0.4 is 10.1 Å². The maximum absolute atomic E-state index is 12.3. The third-order valence-corrected chi connectivity index (χ3v) is 4.07. The summed E-state index contributed by atoms with van der Waals surface area (Å²) in [6.45, 7) is 3.12. The number of carbonyl (C=O) groups excluding carboxylic acids is 2. The molecule has 27 heavy (non-hydrogen) atoms. The van der Waals surface area contributed by atoms with Crippen LogP contribution in [0.15, 0.2) is 72.8 Å². The number of benzene rings is 3. The minimum Gasteiger partial charge on any atom is -0.479 e. The molecule has 0 spiro atoms. The first kappa shape index (κ1) is 18.5. The van der Waals surface area contributed by atoms with Gasteiger partial charge in [0.25, 0.3) is 5.91 Å². The number of ether oxygens (including phenoxy) is 2. The zero-order valence-electron chi connectivity index (χ0n) is 15.2. The minimum atomic E-state index is -0.939. The number of nitrogens with one attached hydrogen (secondary N) is 1. The van der Waals surface area contributed by atoms with Gasteiger partial charge >= 0.3 is 5.97 Å². The van der Waals surface area contributed by atoms with Crippen LogP contribution in [0.4, 0.5) is 5.69 Å². The molecule has 0 aliphatic heterocycles. The Morgan fingerprint density at radius 1 is 0.815 bits per heavy atom. The van der Waals surface area contributed by atoms with Crippen molar-refractivity contribution in [3.05, 3.63) is 72.8 Å². The molecule has 3 aromatic carbocycles. The molecule has 5 nitrogen and oxygen atoms in total. The third-order valence-electron chi connectivity index (χ3n) is 4.07. The van der Waals surface area contributed by atoms with Crippen molar-refractivity contribution in [2.45, 2.75) is 26.1 Å². The lowest BCUT2D eigenvalue weighted by atomic mass is 10.1. The van der Waals surface area contributed by atoms with Crippen LogP contribution in [-0.4, -0.2) is 24.1 Å². The molecule has 0 unspecified atom stereocenters. The maximum atomic E-state index is 12.3. The average molecular weight is 363 g/mol. The van der Waals surface area contributed by atoms with Crippen LogP contribution in [0.3, 0.4) is 0 Å². The number of rotatable bonds is 6. The Morgan fingerprint density at radius 2 is 1.48 bits per heavy atom. The molecule has 0 bridgehead atoms. The first-order valence-electron chi connectivity index (χ1n) is 8.75. The smallest absolute Gasteiger partial charge is 0.347 e. The zero-order chi connectivity index (χ0) is 19.2. The van der Waals surface area contributed by atoms with Gasteiger partial charge in [-0.3, -0.25) is 4.79 Å². The van der Waals surface area contributed by atoms with Crippen molar-refractivity contribution in [3.63, 3.8) is 0 Å². The molecular formula is C22H21NO4. The molecule has 1 amide bonds. The summed E-state index contributed by atoms with van der Waals surface area (Å²) >= 11 is 0. The van der Waals surface area contributed by atoms with E-state index in [1.54, 1.807) is 19.1 Å². The highest BCUT2D eigenvalue weighted by Gasteiger charge is 2.23. The Kier molecular flexibility index (Phi) is 5.71. The zero-order valence-corrected chi connectivity index (χ0v) is 15.2. The largest absolute Gasteiger partial charge is 0.479 e. The van der Waals surface area contributed by atoms with Crippen molar-refractivity contribution in [3.8, 4) is 5.75 Å². The second-order valence-corrected chi connectivity index (χ2v) is 6.20. The standard InChI is InChI=1S/C22H21NO4/c1-15(27-22(25)16(2)26-20-10-4-3-5-11-20)21(24)23-19-13-12-17-8-6-7-9-18(17)14-19/h3-16H,1-2H3,(H,23,24)/t15-,16-/m0/s1. The van der Waals surface area contributed by atoms with Gasteiger partial charge in [0, 0.05) is 5.69 Å². The number of hydrogen-bond donors (Lipinski definition) is 1. The van der Waals surface area contributed by atoms with Crippen molar-refractivity contribution in [2.24, 2.45) is 0 Å². The van der Waals surface area contributed by atoms with Crippen LogP contribution >= 0.6 is 0 Å². The van der Waals surface area contributed by atoms with Crippen molar-refractivity contribution >= 4 is 28.3 Å². The molecule has 0 aliphatic carbocycles. The molecule has 1 N–H and O–H groups in total. The van der Waals surface area contributed by atoms with Crippen LogP contribution in [-0.2, 0) is 14.3 Å². The van der Waals surface area contributed by atoms with Gasteiger partial charge in [0.15, 0.2) is 12.2 Å². The van der Waals surface area contributed by atoms with E-state index in [4.69, 9.17) is 9.47 Å². The molecule has 2 atom stereocenters. The fourth-order valence-corrected chi connectivity index (χ4v) is 2.59. The summed E-state index contributed by atoms with van der Waals surface area (Å²) in [6.07, 6.45) is -1.76. The van der Waals surface area contributed by atoms with Crippen molar-refractivity contribution in [1.29, 1.82) is 0 Å². The SMILES string of the molecule is C[C@H](OC(=O)[C@H](C)Oc1ccccc1)C(=O)Nc1ccc2ccccc2c1. The van der Waals surface area contributed by atoms with E-state index in [0.717, 1.165) is 10.8 Å². The summed E-state index contributed by atoms with van der Waals surface area (Å²) in [5.74, 6) is -0.430. The Balaban J connectivity index is 1.56. The number of esters is 1. The highest BCUT2D eigenvalue weighted by atomic mass is 16.6. The number of para-hydroxylation sites is 1. The van der Waals surface area contributed by atoms with E-state index >= 15 is 0 Å². The van der Waals surface area contributed by atoms with Gasteiger partial charge in [0.1, 0.15) is 5.75 Å². The van der Waals surface area contributed by atoms with Crippen molar-refractivity contribution in [2.75, 3.05) is 5.32 Å². The van der Waals surface area contributed by atoms with Crippen molar-refractivity contribution in [1.82, 2.24) is 0 Å². The summed E-state index contributed by atoms with van der Waals surface area (Å²) in [4.78, 5) is 24.5. The molecule has 0 aromatic heterocycles. The quantitative estimate of drug-likeness (QED) is 0.668. The third kappa shape index (κ3) is 4.85. The van der Waals surface area contributed by atoms with Gasteiger partial charge in [-0.05, 0) is 48.9 Å². The van der Waals surface area contributed by atoms with Crippen LogP contribution in [0.25, 0.3) is 10.8 Å². The van der Waals surface area contributed by atoms with E-state index in [1.165, 1.54) is 6.92 Å². The van der Waals surface area contributed by atoms with Gasteiger partial charge in [0.2, 0.25) is 0 Å². The lowest BCUT2D eigenvalue weighted by Gasteiger charge is -2.18. The summed E-state index contributed by atoms with van der Waals surface area (Å²) < 4.78 is 10.7. The predicted molar refractivity (Wildman–Crippen MR) is 105 cm³/mol. The van der Waals surface area contributed by atoms with Crippen molar-refractivity contribution < 1.29 is 19.1 Å². The highest BCUT2D eigenvalue weighted by molar-refractivity contribution is 5.97. The van der Waals surface area contributed by atoms with E-state index in [9.17, 15) is 9.59 Å². The summed E-state index contributed by atoms with van der Waals surface area (Å²) in [5, 5.41) is 4.87. The van der Waals surface area contributed by atoms with E-state index in [0.29, 0.717) is 11.4 Å². The molecule has 3 aromatic rings. The Labute approximate surface area is 157 Å². The molecular weight excluding hydrogens is 342 g/mol. The molecule has 3 rings (SSSR count). The van der Waals surface area contributed by atoms with Gasteiger partial charge in [-0.1, -0.05) is 48.5 Å². The van der Waals surface area contributed by atoms with Gasteiger partial charge in [-0.25, -0.2) is 4.79 Å². The molecule has 0 aliphatic rings. The minimum absolute atomic E-state index is 0.398. The summed E-state index contributed by atoms with van der Waals surface area (Å²) in [7, 11) is 0. The Hall–Kier alpha value is -3.34. The molecule has 0 saturated carbocycles. The topological polar surface area (TPSA) is 64.6 Å². The van der Waals surface area contributed by atoms with Gasteiger partial charge in [-0.15, -0.1) is 0 Å². The second kappa shape index (κ2) is 8.36. The molecule has 0 heterocycles. The van der Waals surface area contributed by atoms with E-state index in [-0.39, 0.29) is 0 Å². The van der Waals surface area contributed by atoms with Crippen LogP contribution in [0.2, 0.25) is 0 Å². The second-order valence-electron chi connectivity index (χ2n) is 6.20. The van der Waals surface area contributed by atoms with E-state index < -0.39 is 24.1 Å². The van der Waals surface area contributed by atoms with Gasteiger partial charge in [0.05, 0.1) is 0 Å². The number of carbonyl (C=O) groups is 2. The van der Waals surface area contributed by atoms with E-state index in [1.807, 2.05) is 60.7 Å². The first-order chi connectivity index (χ1) is 13.0. The maximum Gasteiger partial charge on any atom is 0.347 e. The number of fused-ring (bicyclic) bond motifs is 1. The van der Waals surface area contributed by atoms with Crippen LogP contribution in [0.5, 0.6) is 5.75 Å². The number of anilines is 1. The molecule has 0 radical (unpaired) electrons. The summed E-state index contributed by atoms with van der Waals surface area (Å²) in [6, 6.07) is 22.5. The molecule has 5 heteroatoms. The molecule has 0 fully saturated rings. The first-order valence-corrected chi connectivity index (χ1v) is 8.75. The monoisotopic (exact) mass is 363 g/mol. The highest BCUT2D eigenvalue weighted by Crippen LogP contribution is 2.19. The molecule has 138 valence electrons. The van der Waals surface area contributed by atoms with E-state index in [2.05, 4.69) is 5.32 Å². The van der Waals surface area contributed by atoms with Crippen LogP contribution in [0, 0.1) is 0 Å². The van der Waals surface area contributed by atoms with Crippen LogP contribution in [0.1, 0.15) is 13.8 Å². The Bertz CT molecular complexity index is 939. The fourth-order valence-electron chi connectivity index (χ4n) is 2.59. The number of amides is 1. The normalized spacial score (nSPS) is 12.8. The lowest BCUT2D eigenvalue weighted by molar-refractivity contribution is -0.159. The predicted octanol–water partition coefficient (Wildman–Crippen LogP) is 4.18. The lowest BCUT2D eigenvalue weighted by Crippen LogP contribution is -2.35. The summed E-state index contributed by atoms with van der Waals surface area (Å²) in [5.41, 5.74) is 0.648.